The maximum Gasteiger partial charge on any atom is 0.234 e. The van der Waals surface area contributed by atoms with Crippen molar-refractivity contribution >= 4 is 11.9 Å². The van der Waals surface area contributed by atoms with Crippen LogP contribution in [-0.4, -0.2) is 20.9 Å². The number of benzene rings is 1. The first-order valence-electron chi connectivity index (χ1n) is 7.34. The molecule has 0 aliphatic carbocycles. The number of hydrogen-bond donors (Lipinski definition) is 1. The first kappa shape index (κ1) is 14.8. The standard InChI is InChI=1S/C18H16N4O/c23-17(22-18-20-9-4-10-21-18)16(15-5-2-1-3-6-15)13-14-7-11-19-12-8-14/h1-12,16H,13H2,(H,20,21,22,23). The maximum atomic E-state index is 12.7. The van der Waals surface area contributed by atoms with E-state index in [0.29, 0.717) is 12.4 Å². The van der Waals surface area contributed by atoms with E-state index in [4.69, 9.17) is 0 Å². The number of hydrogen-bond acceptors (Lipinski definition) is 4. The van der Waals surface area contributed by atoms with E-state index in [2.05, 4.69) is 20.3 Å². The summed E-state index contributed by atoms with van der Waals surface area (Å²) >= 11 is 0. The van der Waals surface area contributed by atoms with Gasteiger partial charge in [0.05, 0.1) is 5.92 Å². The van der Waals surface area contributed by atoms with Gasteiger partial charge in [0.25, 0.3) is 0 Å². The highest BCUT2D eigenvalue weighted by atomic mass is 16.2. The van der Waals surface area contributed by atoms with Gasteiger partial charge in [-0.2, -0.15) is 0 Å². The largest absolute Gasteiger partial charge is 0.294 e. The molecule has 1 N–H and O–H groups in total. The lowest BCUT2D eigenvalue weighted by molar-refractivity contribution is -0.117. The lowest BCUT2D eigenvalue weighted by Crippen LogP contribution is -2.24. The lowest BCUT2D eigenvalue weighted by atomic mass is 9.91. The van der Waals surface area contributed by atoms with Crippen molar-refractivity contribution in [3.63, 3.8) is 0 Å². The average molecular weight is 304 g/mol. The zero-order valence-corrected chi connectivity index (χ0v) is 12.5. The van der Waals surface area contributed by atoms with E-state index < -0.39 is 0 Å². The van der Waals surface area contributed by atoms with Crippen molar-refractivity contribution in [2.75, 3.05) is 5.32 Å². The van der Waals surface area contributed by atoms with Crippen LogP contribution in [0.1, 0.15) is 17.0 Å². The molecule has 0 bridgehead atoms. The summed E-state index contributed by atoms with van der Waals surface area (Å²) in [5.74, 6) is -0.130. The van der Waals surface area contributed by atoms with Crippen molar-refractivity contribution in [3.05, 3.63) is 84.4 Å². The van der Waals surface area contributed by atoms with Gasteiger partial charge >= 0.3 is 0 Å². The molecule has 0 saturated heterocycles. The fourth-order valence-electron chi connectivity index (χ4n) is 2.36. The second-order valence-electron chi connectivity index (χ2n) is 5.08. The second-order valence-corrected chi connectivity index (χ2v) is 5.08. The van der Waals surface area contributed by atoms with E-state index in [1.54, 1.807) is 30.9 Å². The van der Waals surface area contributed by atoms with Gasteiger partial charge < -0.3 is 0 Å². The monoisotopic (exact) mass is 304 g/mol. The van der Waals surface area contributed by atoms with Crippen LogP contribution in [0.3, 0.4) is 0 Å². The van der Waals surface area contributed by atoms with Crippen LogP contribution in [0.15, 0.2) is 73.3 Å². The Kier molecular flexibility index (Phi) is 4.69. The first-order valence-corrected chi connectivity index (χ1v) is 7.34. The van der Waals surface area contributed by atoms with Crippen LogP contribution < -0.4 is 5.32 Å². The number of aromatic nitrogens is 3. The molecule has 5 heteroatoms. The van der Waals surface area contributed by atoms with Crippen molar-refractivity contribution < 1.29 is 4.79 Å². The molecule has 2 aromatic heterocycles. The minimum Gasteiger partial charge on any atom is -0.294 e. The van der Waals surface area contributed by atoms with Gasteiger partial charge in [-0.1, -0.05) is 30.3 Å². The molecule has 1 unspecified atom stereocenters. The molecule has 2 heterocycles. The normalized spacial score (nSPS) is 11.7. The van der Waals surface area contributed by atoms with E-state index in [0.717, 1.165) is 11.1 Å². The average Bonchev–Trinajstić information content (AvgIpc) is 2.62. The molecule has 1 aromatic carbocycles. The van der Waals surface area contributed by atoms with Gasteiger partial charge in [0.1, 0.15) is 0 Å². The molecule has 0 aliphatic rings. The molecule has 0 fully saturated rings. The quantitative estimate of drug-likeness (QED) is 0.787. The topological polar surface area (TPSA) is 67.8 Å². The maximum absolute atomic E-state index is 12.7. The summed E-state index contributed by atoms with van der Waals surface area (Å²) in [5.41, 5.74) is 2.01. The third kappa shape index (κ3) is 3.97. The van der Waals surface area contributed by atoms with Crippen LogP contribution in [0, 0.1) is 0 Å². The Morgan fingerprint density at radius 3 is 2.30 bits per heavy atom. The number of anilines is 1. The van der Waals surface area contributed by atoms with Crippen LogP contribution in [0.2, 0.25) is 0 Å². The zero-order valence-electron chi connectivity index (χ0n) is 12.5. The second kappa shape index (κ2) is 7.26. The SMILES string of the molecule is O=C(Nc1ncccn1)C(Cc1ccncc1)c1ccccc1. The van der Waals surface area contributed by atoms with E-state index >= 15 is 0 Å². The van der Waals surface area contributed by atoms with Crippen molar-refractivity contribution in [1.82, 2.24) is 15.0 Å². The number of carbonyl (C=O) groups excluding carboxylic acids is 1. The number of nitrogens with one attached hydrogen (secondary N) is 1. The van der Waals surface area contributed by atoms with Gasteiger partial charge in [-0.3, -0.25) is 15.1 Å². The lowest BCUT2D eigenvalue weighted by Gasteiger charge is -2.16. The van der Waals surface area contributed by atoms with Crippen molar-refractivity contribution in [3.8, 4) is 0 Å². The van der Waals surface area contributed by atoms with Gasteiger partial charge in [-0.05, 0) is 35.7 Å². The third-order valence-electron chi connectivity index (χ3n) is 3.51. The molecule has 0 aliphatic heterocycles. The Balaban J connectivity index is 1.84. The summed E-state index contributed by atoms with van der Waals surface area (Å²) in [6.07, 6.45) is 7.25. The van der Waals surface area contributed by atoms with E-state index in [9.17, 15) is 4.79 Å². The Hall–Kier alpha value is -3.08. The molecule has 5 nitrogen and oxygen atoms in total. The summed E-state index contributed by atoms with van der Waals surface area (Å²) in [7, 11) is 0. The molecule has 0 radical (unpaired) electrons. The highest BCUT2D eigenvalue weighted by Crippen LogP contribution is 2.22. The summed E-state index contributed by atoms with van der Waals surface area (Å²) in [6.45, 7) is 0. The smallest absolute Gasteiger partial charge is 0.234 e. The predicted octanol–water partition coefficient (Wildman–Crippen LogP) is 2.84. The minimum atomic E-state index is -0.317. The number of amides is 1. The summed E-state index contributed by atoms with van der Waals surface area (Å²) < 4.78 is 0. The van der Waals surface area contributed by atoms with Crippen molar-refractivity contribution in [1.29, 1.82) is 0 Å². The molecule has 1 amide bonds. The first-order chi connectivity index (χ1) is 11.3. The fraction of sp³-hybridized carbons (Fsp3) is 0.111. The molecule has 114 valence electrons. The number of pyridine rings is 1. The van der Waals surface area contributed by atoms with Gasteiger partial charge in [-0.25, -0.2) is 9.97 Å². The van der Waals surface area contributed by atoms with E-state index in [1.807, 2.05) is 42.5 Å². The zero-order chi connectivity index (χ0) is 15.9. The highest BCUT2D eigenvalue weighted by molar-refractivity contribution is 5.94. The fourth-order valence-corrected chi connectivity index (χ4v) is 2.36. The molecular formula is C18H16N4O. The van der Waals surface area contributed by atoms with Gasteiger partial charge in [0.15, 0.2) is 0 Å². The Morgan fingerprint density at radius 1 is 0.913 bits per heavy atom. The predicted molar refractivity (Wildman–Crippen MR) is 87.8 cm³/mol. The van der Waals surface area contributed by atoms with Crippen molar-refractivity contribution in [2.45, 2.75) is 12.3 Å². The molecule has 23 heavy (non-hydrogen) atoms. The molecular weight excluding hydrogens is 288 g/mol. The van der Waals surface area contributed by atoms with E-state index in [-0.39, 0.29) is 11.8 Å². The number of nitrogens with zero attached hydrogens (tertiary/aromatic N) is 3. The van der Waals surface area contributed by atoms with Crippen LogP contribution in [0.25, 0.3) is 0 Å². The van der Waals surface area contributed by atoms with Crippen LogP contribution >= 0.6 is 0 Å². The Morgan fingerprint density at radius 2 is 1.61 bits per heavy atom. The van der Waals surface area contributed by atoms with Crippen molar-refractivity contribution in [2.24, 2.45) is 0 Å². The molecule has 1 atom stereocenters. The van der Waals surface area contributed by atoms with Crippen LogP contribution in [0.5, 0.6) is 0 Å². The van der Waals surface area contributed by atoms with Crippen LogP contribution in [-0.2, 0) is 11.2 Å². The summed E-state index contributed by atoms with van der Waals surface area (Å²) in [6, 6.07) is 15.3. The highest BCUT2D eigenvalue weighted by Gasteiger charge is 2.21. The van der Waals surface area contributed by atoms with E-state index in [1.165, 1.54) is 0 Å². The summed E-state index contributed by atoms with van der Waals surface area (Å²) in [4.78, 5) is 24.8. The molecule has 0 saturated carbocycles. The summed E-state index contributed by atoms with van der Waals surface area (Å²) in [5, 5.41) is 2.78. The Bertz CT molecular complexity index is 748. The molecule has 0 spiro atoms. The number of rotatable bonds is 5. The molecule has 3 rings (SSSR count). The minimum absolute atomic E-state index is 0.126. The third-order valence-corrected chi connectivity index (χ3v) is 3.51. The van der Waals surface area contributed by atoms with Gasteiger partial charge in [-0.15, -0.1) is 0 Å². The Labute approximate surface area is 134 Å². The number of carbonyl (C=O) groups is 1. The van der Waals surface area contributed by atoms with Crippen LogP contribution in [0.4, 0.5) is 5.95 Å². The van der Waals surface area contributed by atoms with Gasteiger partial charge in [0.2, 0.25) is 11.9 Å². The van der Waals surface area contributed by atoms with Gasteiger partial charge in [0, 0.05) is 24.8 Å². The molecule has 3 aromatic rings.